The fourth-order valence-electron chi connectivity index (χ4n) is 2.97. The number of nitrogens with zero attached hydrogens (tertiary/aromatic N) is 1. The van der Waals surface area contributed by atoms with Crippen molar-refractivity contribution in [2.45, 2.75) is 64.2 Å². The van der Waals surface area contributed by atoms with Crippen molar-refractivity contribution < 1.29 is 18.8 Å². The van der Waals surface area contributed by atoms with E-state index in [9.17, 15) is 9.32 Å². The zero-order valence-electron chi connectivity index (χ0n) is 22.9. The molecule has 2 aromatic rings. The van der Waals surface area contributed by atoms with Crippen molar-refractivity contribution in [3.63, 3.8) is 0 Å². The highest BCUT2D eigenvalue weighted by atomic mass is 32.3. The second-order valence-electron chi connectivity index (χ2n) is 9.73. The van der Waals surface area contributed by atoms with Crippen molar-refractivity contribution in [1.82, 2.24) is 0 Å². The van der Waals surface area contributed by atoms with Crippen LogP contribution in [0, 0.1) is 13.8 Å². The third kappa shape index (κ3) is 7.40. The van der Waals surface area contributed by atoms with Gasteiger partial charge in [0, 0.05) is 0 Å². The zero-order chi connectivity index (χ0) is 26.3. The molecule has 1 aliphatic rings. The zero-order valence-corrected chi connectivity index (χ0v) is 24.5. The van der Waals surface area contributed by atoms with Crippen LogP contribution in [-0.2, 0) is 11.0 Å². The number of methoxy groups -OCH3 is 1. The Bertz CT molecular complexity index is 913. The number of rotatable bonds is 4. The number of aliphatic hydroxyl groups is 1. The third-order valence-electron chi connectivity index (χ3n) is 5.94. The lowest BCUT2D eigenvalue weighted by Gasteiger charge is -2.40. The van der Waals surface area contributed by atoms with Crippen molar-refractivity contribution in [2.75, 3.05) is 43.4 Å². The lowest BCUT2D eigenvalue weighted by atomic mass is 10.1. The average Bonchev–Trinajstić information content (AvgIpc) is 2.78. The Labute approximate surface area is 211 Å². The Kier molecular flexibility index (Phi) is 11.5. The molecule has 34 heavy (non-hydrogen) atoms. The van der Waals surface area contributed by atoms with E-state index in [0.29, 0.717) is 17.1 Å². The fourth-order valence-corrected chi connectivity index (χ4v) is 4.56. The summed E-state index contributed by atoms with van der Waals surface area (Å²) in [5.41, 5.74) is 2.52. The fraction of sp³-hybridized carbons (Fsp3) is 0.556. The SMILES string of the molecule is CC.CC(C)(C)S(C)(C)C.COc1cc(C)c(S(=O)N2c3ccccc3OCC2CO)c(C)c1. The molecule has 0 bridgehead atoms. The van der Waals surface area contributed by atoms with E-state index in [2.05, 4.69) is 39.5 Å². The monoisotopic (exact) mass is 511 g/mol. The second-order valence-corrected chi connectivity index (χ2v) is 15.9. The van der Waals surface area contributed by atoms with Crippen LogP contribution in [0.1, 0.15) is 45.7 Å². The maximum atomic E-state index is 13.4. The van der Waals surface area contributed by atoms with Gasteiger partial charge in [0.05, 0.1) is 24.3 Å². The molecule has 1 N–H and O–H groups in total. The van der Waals surface area contributed by atoms with Gasteiger partial charge in [-0.05, 0) is 72.8 Å². The van der Waals surface area contributed by atoms with E-state index < -0.39 is 11.0 Å². The van der Waals surface area contributed by atoms with Crippen molar-refractivity contribution in [2.24, 2.45) is 0 Å². The van der Waals surface area contributed by atoms with E-state index in [1.165, 1.54) is 0 Å². The molecule has 0 aromatic heterocycles. The molecule has 2 atom stereocenters. The first kappa shape index (κ1) is 30.3. The molecule has 0 fully saturated rings. The first-order chi connectivity index (χ1) is 15.8. The molecule has 7 heteroatoms. The molecular weight excluding hydrogens is 466 g/mol. The quantitative estimate of drug-likeness (QED) is 0.539. The van der Waals surface area contributed by atoms with Gasteiger partial charge in [0.25, 0.3) is 0 Å². The van der Waals surface area contributed by atoms with Crippen LogP contribution in [-0.4, -0.2) is 59.2 Å². The summed E-state index contributed by atoms with van der Waals surface area (Å²) in [6.45, 7) is 14.9. The Balaban J connectivity index is 0.000000493. The number of ether oxygens (including phenoxy) is 2. The number of benzene rings is 2. The molecule has 1 heterocycles. The topological polar surface area (TPSA) is 59.0 Å². The summed E-state index contributed by atoms with van der Waals surface area (Å²) in [5.74, 6) is 1.42. The number of hydrogen-bond donors (Lipinski definition) is 1. The van der Waals surface area contributed by atoms with E-state index in [1.54, 1.807) is 11.4 Å². The van der Waals surface area contributed by atoms with Crippen molar-refractivity contribution >= 4 is 26.7 Å². The first-order valence-corrected chi connectivity index (χ1v) is 15.6. The summed E-state index contributed by atoms with van der Waals surface area (Å²) in [6.07, 6.45) is 7.06. The molecule has 0 amide bonds. The van der Waals surface area contributed by atoms with Crippen molar-refractivity contribution in [3.05, 3.63) is 47.5 Å². The number of aryl methyl sites for hydroxylation is 2. The van der Waals surface area contributed by atoms with E-state index in [0.717, 1.165) is 27.5 Å². The highest BCUT2D eigenvalue weighted by Gasteiger charge is 2.33. The van der Waals surface area contributed by atoms with Crippen LogP contribution >= 0.6 is 10.0 Å². The Morgan fingerprint density at radius 1 is 1.12 bits per heavy atom. The van der Waals surface area contributed by atoms with Gasteiger partial charge in [-0.15, -0.1) is 0 Å². The minimum atomic E-state index is -1.46. The molecule has 1 aliphatic heterocycles. The predicted molar refractivity (Wildman–Crippen MR) is 151 cm³/mol. The van der Waals surface area contributed by atoms with E-state index in [4.69, 9.17) is 9.47 Å². The van der Waals surface area contributed by atoms with Crippen LogP contribution in [0.15, 0.2) is 41.3 Å². The molecule has 2 aromatic carbocycles. The van der Waals surface area contributed by atoms with Crippen LogP contribution in [0.5, 0.6) is 11.5 Å². The van der Waals surface area contributed by atoms with Crippen LogP contribution in [0.2, 0.25) is 0 Å². The number of hydrogen-bond acceptors (Lipinski definition) is 4. The summed E-state index contributed by atoms with van der Waals surface area (Å²) in [7, 11) is -0.181. The molecule has 0 radical (unpaired) electrons. The molecule has 194 valence electrons. The molecular formula is C27H45NO4S2. The summed E-state index contributed by atoms with van der Waals surface area (Å²) in [4.78, 5) is 0.742. The largest absolute Gasteiger partial charge is 0.497 e. The number of para-hydroxylation sites is 2. The maximum absolute atomic E-state index is 13.4. The Hall–Kier alpha value is -1.70. The van der Waals surface area contributed by atoms with E-state index in [-0.39, 0.29) is 22.7 Å². The summed E-state index contributed by atoms with van der Waals surface area (Å²) >= 11 is 0. The van der Waals surface area contributed by atoms with Crippen LogP contribution in [0.4, 0.5) is 5.69 Å². The van der Waals surface area contributed by atoms with Gasteiger partial charge in [0.1, 0.15) is 24.1 Å². The molecule has 0 spiro atoms. The average molecular weight is 512 g/mol. The number of fused-ring (bicyclic) bond motifs is 1. The maximum Gasteiger partial charge on any atom is 0.154 e. The van der Waals surface area contributed by atoms with Gasteiger partial charge in [-0.1, -0.05) is 46.8 Å². The Morgan fingerprint density at radius 2 is 1.62 bits per heavy atom. The third-order valence-corrected chi connectivity index (χ3v) is 11.5. The van der Waals surface area contributed by atoms with Crippen LogP contribution < -0.4 is 13.8 Å². The van der Waals surface area contributed by atoms with Crippen LogP contribution in [0.3, 0.4) is 0 Å². The Morgan fingerprint density at radius 3 is 2.06 bits per heavy atom. The smallest absolute Gasteiger partial charge is 0.154 e. The van der Waals surface area contributed by atoms with E-state index >= 15 is 0 Å². The highest BCUT2D eigenvalue weighted by Crippen LogP contribution is 2.48. The van der Waals surface area contributed by atoms with Gasteiger partial charge in [-0.2, -0.15) is 0 Å². The van der Waals surface area contributed by atoms with Crippen LogP contribution in [0.25, 0.3) is 0 Å². The van der Waals surface area contributed by atoms with Gasteiger partial charge < -0.3 is 14.6 Å². The van der Waals surface area contributed by atoms with Gasteiger partial charge in [0.15, 0.2) is 11.0 Å². The van der Waals surface area contributed by atoms with Gasteiger partial charge >= 0.3 is 0 Å². The molecule has 0 aliphatic carbocycles. The normalized spacial score (nSPS) is 16.6. The minimum Gasteiger partial charge on any atom is -0.497 e. The van der Waals surface area contributed by atoms with Gasteiger partial charge in [-0.25, -0.2) is 14.2 Å². The molecule has 0 saturated heterocycles. The molecule has 2 unspecified atom stereocenters. The highest BCUT2D eigenvalue weighted by molar-refractivity contribution is 8.33. The number of anilines is 1. The molecule has 0 saturated carbocycles. The standard InChI is InChI=1S/C18H21NO4S.C7H18S.C2H6/c1-12-8-15(22-3)9-13(2)18(12)24(21)19-14(10-20)11-23-17-7-5-4-6-16(17)19;1-7(2,3)8(4,5)6;1-2/h4-9,14,20H,10-11H2,1-3H3;1-6H3;1-2H3. The van der Waals surface area contributed by atoms with Crippen molar-refractivity contribution in [3.8, 4) is 11.5 Å². The lowest BCUT2D eigenvalue weighted by Crippen LogP contribution is -2.46. The number of aliphatic hydroxyl groups excluding tert-OH is 1. The predicted octanol–water partition coefficient (Wildman–Crippen LogP) is 6.10. The lowest BCUT2D eigenvalue weighted by molar-refractivity contribution is 0.198. The van der Waals surface area contributed by atoms with E-state index in [1.807, 2.05) is 64.1 Å². The summed E-state index contributed by atoms with van der Waals surface area (Å²) < 4.78 is 26.6. The summed E-state index contributed by atoms with van der Waals surface area (Å²) in [5, 5.41) is 9.73. The van der Waals surface area contributed by atoms with Gasteiger partial charge in [-0.3, -0.25) is 4.31 Å². The first-order valence-electron chi connectivity index (χ1n) is 11.7. The second kappa shape index (κ2) is 12.8. The molecule has 3 rings (SSSR count). The van der Waals surface area contributed by atoms with Crippen molar-refractivity contribution in [1.29, 1.82) is 0 Å². The molecule has 5 nitrogen and oxygen atoms in total. The summed E-state index contributed by atoms with van der Waals surface area (Å²) in [6, 6.07) is 10.9. The van der Waals surface area contributed by atoms with Gasteiger partial charge in [0.2, 0.25) is 0 Å². The minimum absolute atomic E-state index is 0.131.